The van der Waals surface area contributed by atoms with E-state index < -0.39 is 5.60 Å². The number of nitrogens with zero attached hydrogens (tertiary/aromatic N) is 3. The Morgan fingerprint density at radius 1 is 1.25 bits per heavy atom. The number of piperidine rings is 1. The SMILES string of the molecule is CC(C)(C)OC(=O)N1CCCC(Oc2cnc3ccccc3n2)C1. The van der Waals surface area contributed by atoms with E-state index in [1.54, 1.807) is 11.1 Å². The monoisotopic (exact) mass is 329 g/mol. The molecule has 0 radical (unpaired) electrons. The Balaban J connectivity index is 1.65. The van der Waals surface area contributed by atoms with Crippen LogP contribution in [0.15, 0.2) is 30.5 Å². The molecule has 2 heterocycles. The summed E-state index contributed by atoms with van der Waals surface area (Å²) < 4.78 is 11.4. The molecule has 6 heteroatoms. The zero-order valence-corrected chi connectivity index (χ0v) is 14.4. The molecular formula is C18H23N3O3. The van der Waals surface area contributed by atoms with Gasteiger partial charge >= 0.3 is 6.09 Å². The number of rotatable bonds is 2. The van der Waals surface area contributed by atoms with E-state index >= 15 is 0 Å². The molecule has 0 saturated carbocycles. The van der Waals surface area contributed by atoms with Crippen molar-refractivity contribution in [3.8, 4) is 5.88 Å². The lowest BCUT2D eigenvalue weighted by molar-refractivity contribution is 0.00722. The Morgan fingerprint density at radius 2 is 2.00 bits per heavy atom. The molecule has 0 N–H and O–H groups in total. The smallest absolute Gasteiger partial charge is 0.410 e. The number of likely N-dealkylation sites (tertiary alicyclic amines) is 1. The fraction of sp³-hybridized carbons (Fsp3) is 0.500. The predicted octanol–water partition coefficient (Wildman–Crippen LogP) is 3.41. The summed E-state index contributed by atoms with van der Waals surface area (Å²) >= 11 is 0. The van der Waals surface area contributed by atoms with Crippen molar-refractivity contribution in [1.29, 1.82) is 0 Å². The highest BCUT2D eigenvalue weighted by molar-refractivity contribution is 5.74. The molecule has 0 bridgehead atoms. The predicted molar refractivity (Wildman–Crippen MR) is 91.0 cm³/mol. The van der Waals surface area contributed by atoms with Gasteiger partial charge in [0.2, 0.25) is 5.88 Å². The summed E-state index contributed by atoms with van der Waals surface area (Å²) in [6.07, 6.45) is 3.01. The first-order valence-electron chi connectivity index (χ1n) is 8.27. The van der Waals surface area contributed by atoms with Crippen LogP contribution in [-0.2, 0) is 4.74 Å². The maximum atomic E-state index is 12.2. The lowest BCUT2D eigenvalue weighted by Crippen LogP contribution is -2.46. The number of hydrogen-bond donors (Lipinski definition) is 0. The average molecular weight is 329 g/mol. The molecule has 6 nitrogen and oxygen atoms in total. The molecule has 0 aliphatic carbocycles. The lowest BCUT2D eigenvalue weighted by Gasteiger charge is -2.33. The normalized spacial score (nSPS) is 18.5. The van der Waals surface area contributed by atoms with Gasteiger partial charge in [0.25, 0.3) is 0 Å². The van der Waals surface area contributed by atoms with Crippen LogP contribution < -0.4 is 4.74 Å². The molecular weight excluding hydrogens is 306 g/mol. The Bertz CT molecular complexity index is 727. The second-order valence-corrected chi connectivity index (χ2v) is 7.01. The molecule has 3 rings (SSSR count). The zero-order valence-electron chi connectivity index (χ0n) is 14.4. The van der Waals surface area contributed by atoms with Gasteiger partial charge in [-0.3, -0.25) is 0 Å². The third kappa shape index (κ3) is 4.13. The van der Waals surface area contributed by atoms with Crippen LogP contribution in [0.1, 0.15) is 33.6 Å². The largest absolute Gasteiger partial charge is 0.471 e. The summed E-state index contributed by atoms with van der Waals surface area (Å²) in [6, 6.07) is 7.67. The fourth-order valence-corrected chi connectivity index (χ4v) is 2.69. The van der Waals surface area contributed by atoms with Gasteiger partial charge in [-0.25, -0.2) is 14.8 Å². The van der Waals surface area contributed by atoms with E-state index in [-0.39, 0.29) is 12.2 Å². The van der Waals surface area contributed by atoms with Crippen molar-refractivity contribution in [2.24, 2.45) is 0 Å². The summed E-state index contributed by atoms with van der Waals surface area (Å²) in [5.41, 5.74) is 1.15. The van der Waals surface area contributed by atoms with Gasteiger partial charge in [0.05, 0.1) is 23.8 Å². The summed E-state index contributed by atoms with van der Waals surface area (Å²) in [5, 5.41) is 0. The van der Waals surface area contributed by atoms with Crippen LogP contribution >= 0.6 is 0 Å². The van der Waals surface area contributed by atoms with Gasteiger partial charge in [-0.15, -0.1) is 0 Å². The van der Waals surface area contributed by atoms with Crippen LogP contribution in [0.3, 0.4) is 0 Å². The second kappa shape index (κ2) is 6.63. The number of carbonyl (C=O) groups is 1. The Kier molecular flexibility index (Phi) is 4.55. The molecule has 0 spiro atoms. The third-order valence-corrected chi connectivity index (χ3v) is 3.74. The van der Waals surface area contributed by atoms with Crippen molar-refractivity contribution in [2.45, 2.75) is 45.3 Å². The van der Waals surface area contributed by atoms with Crippen molar-refractivity contribution in [3.05, 3.63) is 30.5 Å². The first kappa shape index (κ1) is 16.5. The highest BCUT2D eigenvalue weighted by atomic mass is 16.6. The summed E-state index contributed by atoms with van der Waals surface area (Å²) in [6.45, 7) is 6.80. The van der Waals surface area contributed by atoms with E-state index in [4.69, 9.17) is 9.47 Å². The molecule has 1 atom stereocenters. The minimum Gasteiger partial charge on any atom is -0.471 e. The fourth-order valence-electron chi connectivity index (χ4n) is 2.69. The Hall–Kier alpha value is -2.37. The molecule has 24 heavy (non-hydrogen) atoms. The quantitative estimate of drug-likeness (QED) is 0.845. The van der Waals surface area contributed by atoms with E-state index in [9.17, 15) is 4.79 Å². The number of benzene rings is 1. The van der Waals surface area contributed by atoms with Gasteiger partial charge in [0.1, 0.15) is 11.7 Å². The standard InChI is InChI=1S/C18H23N3O3/c1-18(2,3)24-17(22)21-10-6-7-13(12-21)23-16-11-19-14-8-4-5-9-15(14)20-16/h4-5,8-9,11,13H,6-7,10,12H2,1-3H3. The number of ether oxygens (including phenoxy) is 2. The van der Waals surface area contributed by atoms with E-state index in [1.807, 2.05) is 45.0 Å². The first-order valence-corrected chi connectivity index (χ1v) is 8.27. The zero-order chi connectivity index (χ0) is 17.2. The molecule has 1 aliphatic heterocycles. The number of aromatic nitrogens is 2. The van der Waals surface area contributed by atoms with Gasteiger partial charge in [0.15, 0.2) is 0 Å². The van der Waals surface area contributed by atoms with E-state index in [1.165, 1.54) is 0 Å². The number of hydrogen-bond acceptors (Lipinski definition) is 5. The maximum Gasteiger partial charge on any atom is 0.410 e. The van der Waals surface area contributed by atoms with Gasteiger partial charge in [0, 0.05) is 6.54 Å². The molecule has 2 aromatic rings. The van der Waals surface area contributed by atoms with E-state index in [0.29, 0.717) is 19.0 Å². The van der Waals surface area contributed by atoms with Crippen LogP contribution in [0.5, 0.6) is 5.88 Å². The van der Waals surface area contributed by atoms with Crippen LogP contribution in [0.25, 0.3) is 11.0 Å². The van der Waals surface area contributed by atoms with Gasteiger partial charge in [-0.1, -0.05) is 12.1 Å². The molecule has 1 amide bonds. The third-order valence-electron chi connectivity index (χ3n) is 3.74. The molecule has 1 aliphatic rings. The molecule has 1 unspecified atom stereocenters. The van der Waals surface area contributed by atoms with Crippen molar-refractivity contribution in [1.82, 2.24) is 14.9 Å². The highest BCUT2D eigenvalue weighted by Gasteiger charge is 2.28. The average Bonchev–Trinajstić information content (AvgIpc) is 2.53. The van der Waals surface area contributed by atoms with Crippen molar-refractivity contribution in [2.75, 3.05) is 13.1 Å². The van der Waals surface area contributed by atoms with Crippen LogP contribution in [0, 0.1) is 0 Å². The van der Waals surface area contributed by atoms with Crippen LogP contribution in [-0.4, -0.2) is 45.8 Å². The number of fused-ring (bicyclic) bond motifs is 1. The molecule has 1 fully saturated rings. The molecule has 128 valence electrons. The highest BCUT2D eigenvalue weighted by Crippen LogP contribution is 2.20. The summed E-state index contributed by atoms with van der Waals surface area (Å²) in [4.78, 5) is 22.7. The number of carbonyl (C=O) groups excluding carboxylic acids is 1. The van der Waals surface area contributed by atoms with Crippen molar-refractivity contribution < 1.29 is 14.3 Å². The summed E-state index contributed by atoms with van der Waals surface area (Å²) in [5.74, 6) is 0.490. The summed E-state index contributed by atoms with van der Waals surface area (Å²) in [7, 11) is 0. The molecule has 1 saturated heterocycles. The van der Waals surface area contributed by atoms with E-state index in [0.717, 1.165) is 23.9 Å². The Labute approximate surface area is 141 Å². The molecule has 1 aromatic carbocycles. The van der Waals surface area contributed by atoms with Crippen LogP contribution in [0.2, 0.25) is 0 Å². The minimum atomic E-state index is -0.491. The van der Waals surface area contributed by atoms with Crippen LogP contribution in [0.4, 0.5) is 4.79 Å². The molecule has 1 aromatic heterocycles. The van der Waals surface area contributed by atoms with Gasteiger partial charge in [-0.2, -0.15) is 0 Å². The van der Waals surface area contributed by atoms with Gasteiger partial charge < -0.3 is 14.4 Å². The topological polar surface area (TPSA) is 64.5 Å². The number of amides is 1. The Morgan fingerprint density at radius 3 is 2.75 bits per heavy atom. The maximum absolute atomic E-state index is 12.2. The van der Waals surface area contributed by atoms with Gasteiger partial charge in [-0.05, 0) is 45.7 Å². The second-order valence-electron chi connectivity index (χ2n) is 7.01. The van der Waals surface area contributed by atoms with E-state index in [2.05, 4.69) is 9.97 Å². The minimum absolute atomic E-state index is 0.0956. The lowest BCUT2D eigenvalue weighted by atomic mass is 10.1. The van der Waals surface area contributed by atoms with Crippen molar-refractivity contribution in [3.63, 3.8) is 0 Å². The first-order chi connectivity index (χ1) is 11.4. The number of para-hydroxylation sites is 2. The van der Waals surface area contributed by atoms with Crippen molar-refractivity contribution >= 4 is 17.1 Å².